The van der Waals surface area contributed by atoms with Gasteiger partial charge >= 0.3 is 5.97 Å². The van der Waals surface area contributed by atoms with Gasteiger partial charge < -0.3 is 9.64 Å². The van der Waals surface area contributed by atoms with Gasteiger partial charge in [-0.3, -0.25) is 9.59 Å². The molecule has 1 rings (SSSR count). The molecule has 0 bridgehead atoms. The van der Waals surface area contributed by atoms with Crippen LogP contribution in [0.25, 0.3) is 0 Å². The number of aryl methyl sites for hydroxylation is 1. The van der Waals surface area contributed by atoms with Gasteiger partial charge in [-0.15, -0.1) is 0 Å². The minimum Gasteiger partial charge on any atom is -0.465 e. The Balaban J connectivity index is 2.69. The van der Waals surface area contributed by atoms with E-state index >= 15 is 0 Å². The summed E-state index contributed by atoms with van der Waals surface area (Å²) in [7, 11) is 0. The molecule has 0 saturated carbocycles. The van der Waals surface area contributed by atoms with E-state index in [9.17, 15) is 9.59 Å². The molecule has 0 radical (unpaired) electrons. The monoisotopic (exact) mass is 277 g/mol. The Labute approximate surface area is 120 Å². The normalized spacial score (nSPS) is 10.4. The van der Waals surface area contributed by atoms with Crippen molar-refractivity contribution in [1.82, 2.24) is 4.90 Å². The molecule has 20 heavy (non-hydrogen) atoms. The maximum atomic E-state index is 12.3. The molecule has 0 aliphatic heterocycles. The van der Waals surface area contributed by atoms with Crippen LogP contribution in [0, 0.1) is 6.92 Å². The van der Waals surface area contributed by atoms with Crippen LogP contribution in [0.15, 0.2) is 24.3 Å². The predicted octanol–water partition coefficient (Wildman–Crippen LogP) is 2.34. The molecule has 4 nitrogen and oxygen atoms in total. The van der Waals surface area contributed by atoms with E-state index in [1.165, 1.54) is 0 Å². The van der Waals surface area contributed by atoms with Gasteiger partial charge in [0, 0.05) is 6.04 Å². The highest BCUT2D eigenvalue weighted by Gasteiger charge is 2.20. The Hall–Kier alpha value is -1.84. The molecule has 0 spiro atoms. The highest BCUT2D eigenvalue weighted by Crippen LogP contribution is 2.08. The first-order valence-corrected chi connectivity index (χ1v) is 6.94. The van der Waals surface area contributed by atoms with Gasteiger partial charge in [-0.25, -0.2) is 0 Å². The van der Waals surface area contributed by atoms with Gasteiger partial charge in [-0.1, -0.05) is 29.8 Å². The van der Waals surface area contributed by atoms with Crippen molar-refractivity contribution in [2.45, 2.75) is 40.2 Å². The van der Waals surface area contributed by atoms with Crippen molar-refractivity contribution < 1.29 is 14.3 Å². The molecule has 0 fully saturated rings. The lowest BCUT2D eigenvalue weighted by Crippen LogP contribution is -2.42. The van der Waals surface area contributed by atoms with E-state index < -0.39 is 0 Å². The lowest BCUT2D eigenvalue weighted by molar-refractivity contribution is -0.149. The van der Waals surface area contributed by atoms with Crippen molar-refractivity contribution in [3.05, 3.63) is 35.4 Å². The summed E-state index contributed by atoms with van der Waals surface area (Å²) in [5, 5.41) is 0. The molecule has 0 aliphatic rings. The topological polar surface area (TPSA) is 46.6 Å². The molecule has 0 aliphatic carbocycles. The third-order valence-electron chi connectivity index (χ3n) is 3.02. The molecule has 0 atom stereocenters. The van der Waals surface area contributed by atoms with Crippen molar-refractivity contribution in [1.29, 1.82) is 0 Å². The number of esters is 1. The third kappa shape index (κ3) is 5.03. The summed E-state index contributed by atoms with van der Waals surface area (Å²) in [5.41, 5.74) is 2.11. The summed E-state index contributed by atoms with van der Waals surface area (Å²) < 4.78 is 4.91. The number of hydrogen-bond acceptors (Lipinski definition) is 3. The number of rotatable bonds is 6. The van der Waals surface area contributed by atoms with Crippen LogP contribution in [-0.2, 0) is 20.7 Å². The van der Waals surface area contributed by atoms with E-state index in [-0.39, 0.29) is 24.5 Å². The van der Waals surface area contributed by atoms with E-state index in [0.29, 0.717) is 13.0 Å². The molecular formula is C16H23NO3. The predicted molar refractivity (Wildman–Crippen MR) is 78.4 cm³/mol. The number of carbonyl (C=O) groups excluding carboxylic acids is 2. The van der Waals surface area contributed by atoms with Gasteiger partial charge in [0.2, 0.25) is 5.91 Å². The standard InChI is InChI=1S/C16H23NO3/c1-5-20-16(19)11-17(12(2)3)15(18)10-14-8-6-13(4)7-9-14/h6-9,12H,5,10-11H2,1-4H3. The zero-order valence-corrected chi connectivity index (χ0v) is 12.7. The molecule has 4 heteroatoms. The van der Waals surface area contributed by atoms with Gasteiger partial charge in [0.05, 0.1) is 13.0 Å². The van der Waals surface area contributed by atoms with Crippen LogP contribution in [0.5, 0.6) is 0 Å². The number of benzene rings is 1. The average molecular weight is 277 g/mol. The second-order valence-electron chi connectivity index (χ2n) is 5.08. The molecule has 1 aromatic carbocycles. The Kier molecular flexibility index (Phi) is 6.22. The van der Waals surface area contributed by atoms with Crippen LogP contribution in [0.3, 0.4) is 0 Å². The van der Waals surface area contributed by atoms with Crippen molar-refractivity contribution >= 4 is 11.9 Å². The average Bonchev–Trinajstić information content (AvgIpc) is 2.38. The first-order valence-electron chi connectivity index (χ1n) is 6.94. The summed E-state index contributed by atoms with van der Waals surface area (Å²) in [4.78, 5) is 25.4. The molecular weight excluding hydrogens is 254 g/mol. The number of hydrogen-bond donors (Lipinski definition) is 0. The van der Waals surface area contributed by atoms with Gasteiger partial charge in [0.1, 0.15) is 6.54 Å². The van der Waals surface area contributed by atoms with Crippen molar-refractivity contribution in [3.8, 4) is 0 Å². The van der Waals surface area contributed by atoms with Gasteiger partial charge in [-0.05, 0) is 33.3 Å². The first-order chi connectivity index (χ1) is 9.43. The smallest absolute Gasteiger partial charge is 0.325 e. The summed E-state index contributed by atoms with van der Waals surface area (Å²) in [6, 6.07) is 7.81. The zero-order valence-electron chi connectivity index (χ0n) is 12.7. The molecule has 0 N–H and O–H groups in total. The molecule has 1 aromatic rings. The summed E-state index contributed by atoms with van der Waals surface area (Å²) >= 11 is 0. The van der Waals surface area contributed by atoms with Crippen LogP contribution in [0.1, 0.15) is 31.9 Å². The van der Waals surface area contributed by atoms with Gasteiger partial charge in [0.25, 0.3) is 0 Å². The van der Waals surface area contributed by atoms with E-state index in [0.717, 1.165) is 11.1 Å². The Morgan fingerprint density at radius 2 is 1.80 bits per heavy atom. The quantitative estimate of drug-likeness (QED) is 0.750. The highest BCUT2D eigenvalue weighted by molar-refractivity contribution is 5.83. The van der Waals surface area contributed by atoms with Crippen molar-refractivity contribution in [3.63, 3.8) is 0 Å². The second-order valence-corrected chi connectivity index (χ2v) is 5.08. The SMILES string of the molecule is CCOC(=O)CN(C(=O)Cc1ccc(C)cc1)C(C)C. The molecule has 0 heterocycles. The van der Waals surface area contributed by atoms with Gasteiger partial charge in [-0.2, -0.15) is 0 Å². The van der Waals surface area contributed by atoms with Crippen molar-refractivity contribution in [2.75, 3.05) is 13.2 Å². The van der Waals surface area contributed by atoms with E-state index in [2.05, 4.69) is 0 Å². The highest BCUT2D eigenvalue weighted by atomic mass is 16.5. The number of nitrogens with zero attached hydrogens (tertiary/aromatic N) is 1. The van der Waals surface area contributed by atoms with Crippen LogP contribution in [0.4, 0.5) is 0 Å². The maximum Gasteiger partial charge on any atom is 0.325 e. The number of carbonyl (C=O) groups is 2. The maximum absolute atomic E-state index is 12.3. The molecule has 0 saturated heterocycles. The van der Waals surface area contributed by atoms with E-state index in [1.807, 2.05) is 45.0 Å². The molecule has 0 aromatic heterocycles. The fourth-order valence-corrected chi connectivity index (χ4v) is 1.89. The first kappa shape index (κ1) is 16.2. The fourth-order valence-electron chi connectivity index (χ4n) is 1.89. The summed E-state index contributed by atoms with van der Waals surface area (Å²) in [5.74, 6) is -0.421. The second kappa shape index (κ2) is 7.68. The van der Waals surface area contributed by atoms with Gasteiger partial charge in [0.15, 0.2) is 0 Å². The van der Waals surface area contributed by atoms with E-state index in [4.69, 9.17) is 4.74 Å². The van der Waals surface area contributed by atoms with Crippen molar-refractivity contribution in [2.24, 2.45) is 0 Å². The van der Waals surface area contributed by atoms with Crippen LogP contribution in [0.2, 0.25) is 0 Å². The summed E-state index contributed by atoms with van der Waals surface area (Å²) in [6.45, 7) is 7.89. The Bertz CT molecular complexity index is 451. The molecule has 0 unspecified atom stereocenters. The number of ether oxygens (including phenoxy) is 1. The van der Waals surface area contributed by atoms with E-state index in [1.54, 1.807) is 11.8 Å². The zero-order chi connectivity index (χ0) is 15.1. The van der Waals surface area contributed by atoms with Crippen LogP contribution in [-0.4, -0.2) is 36.0 Å². The summed E-state index contributed by atoms with van der Waals surface area (Å²) in [6.07, 6.45) is 0.303. The van der Waals surface area contributed by atoms with Crippen LogP contribution < -0.4 is 0 Å². The van der Waals surface area contributed by atoms with Crippen LogP contribution >= 0.6 is 0 Å². The lowest BCUT2D eigenvalue weighted by atomic mass is 10.1. The fraction of sp³-hybridized carbons (Fsp3) is 0.500. The molecule has 1 amide bonds. The Morgan fingerprint density at radius 1 is 1.20 bits per heavy atom. The molecule has 110 valence electrons. The Morgan fingerprint density at radius 3 is 2.30 bits per heavy atom. The minimum atomic E-state index is -0.363. The minimum absolute atomic E-state index is 0.0101. The third-order valence-corrected chi connectivity index (χ3v) is 3.02. The lowest BCUT2D eigenvalue weighted by Gasteiger charge is -2.25. The largest absolute Gasteiger partial charge is 0.465 e. The number of amides is 1.